The molecule has 0 unspecified atom stereocenters. The van der Waals surface area contributed by atoms with Crippen LogP contribution < -0.4 is 15.4 Å². The molecule has 6 heteroatoms. The number of amides is 2. The minimum absolute atomic E-state index is 0.0905. The van der Waals surface area contributed by atoms with Gasteiger partial charge in [0, 0.05) is 24.4 Å². The van der Waals surface area contributed by atoms with Crippen molar-refractivity contribution in [3.63, 3.8) is 0 Å². The van der Waals surface area contributed by atoms with Crippen LogP contribution in [0.3, 0.4) is 0 Å². The summed E-state index contributed by atoms with van der Waals surface area (Å²) in [5, 5.41) is 5.67. The number of hydrogen-bond acceptors (Lipinski definition) is 4. The molecule has 1 aliphatic rings. The predicted octanol–water partition coefficient (Wildman–Crippen LogP) is 3.74. The summed E-state index contributed by atoms with van der Waals surface area (Å²) in [6, 6.07) is 14.6. The molecule has 1 heterocycles. The van der Waals surface area contributed by atoms with Gasteiger partial charge in [0.1, 0.15) is 5.75 Å². The second-order valence-electron chi connectivity index (χ2n) is 7.46. The standard InChI is InChI=1S/C23H28N2O4/c1-16(2)20-10-3-4-11-21(20)29-15-22(26)25-18-8-5-7-17(13-18)23(27)24-14-19-9-6-12-28-19/h3-5,7-8,10-11,13,16,19H,6,9,12,14-15H2,1-2H3,(H,24,27)(H,25,26)/t19-/m1/s1. The second kappa shape index (κ2) is 10.1. The number of nitrogens with one attached hydrogen (secondary N) is 2. The van der Waals surface area contributed by atoms with Crippen LogP contribution >= 0.6 is 0 Å². The summed E-state index contributed by atoms with van der Waals surface area (Å²) in [7, 11) is 0. The first-order chi connectivity index (χ1) is 14.0. The minimum atomic E-state index is -0.277. The Kier molecular flexibility index (Phi) is 7.25. The molecule has 0 aromatic heterocycles. The Morgan fingerprint density at radius 1 is 1.17 bits per heavy atom. The molecule has 0 saturated carbocycles. The molecule has 2 amide bonds. The first-order valence-electron chi connectivity index (χ1n) is 10.0. The van der Waals surface area contributed by atoms with Gasteiger partial charge in [0.05, 0.1) is 6.10 Å². The molecular weight excluding hydrogens is 368 g/mol. The van der Waals surface area contributed by atoms with Crippen LogP contribution in [-0.2, 0) is 9.53 Å². The van der Waals surface area contributed by atoms with Crippen LogP contribution in [0.15, 0.2) is 48.5 Å². The molecular formula is C23H28N2O4. The van der Waals surface area contributed by atoms with Crippen LogP contribution in [0.2, 0.25) is 0 Å². The lowest BCUT2D eigenvalue weighted by molar-refractivity contribution is -0.118. The molecule has 1 atom stereocenters. The third-order valence-electron chi connectivity index (χ3n) is 4.82. The minimum Gasteiger partial charge on any atom is -0.483 e. The lowest BCUT2D eigenvalue weighted by Crippen LogP contribution is -2.31. The maximum absolute atomic E-state index is 12.3. The summed E-state index contributed by atoms with van der Waals surface area (Å²) in [4.78, 5) is 24.6. The summed E-state index contributed by atoms with van der Waals surface area (Å²) in [5.74, 6) is 0.554. The summed E-state index contributed by atoms with van der Waals surface area (Å²) in [5.41, 5.74) is 2.11. The van der Waals surface area contributed by atoms with Crippen LogP contribution in [0.4, 0.5) is 5.69 Å². The number of carbonyl (C=O) groups is 2. The van der Waals surface area contributed by atoms with Crippen LogP contribution in [0.5, 0.6) is 5.75 Å². The molecule has 6 nitrogen and oxygen atoms in total. The topological polar surface area (TPSA) is 76.7 Å². The zero-order valence-electron chi connectivity index (χ0n) is 16.9. The number of ether oxygens (including phenoxy) is 2. The van der Waals surface area contributed by atoms with Crippen molar-refractivity contribution in [3.05, 3.63) is 59.7 Å². The van der Waals surface area contributed by atoms with Crippen molar-refractivity contribution in [1.82, 2.24) is 5.32 Å². The van der Waals surface area contributed by atoms with Crippen molar-refractivity contribution in [2.45, 2.75) is 38.7 Å². The zero-order chi connectivity index (χ0) is 20.6. The normalized spacial score (nSPS) is 15.9. The molecule has 1 fully saturated rings. The Morgan fingerprint density at radius 2 is 2.00 bits per heavy atom. The molecule has 0 spiro atoms. The smallest absolute Gasteiger partial charge is 0.262 e. The van der Waals surface area contributed by atoms with Gasteiger partial charge in [0.15, 0.2) is 6.61 Å². The SMILES string of the molecule is CC(C)c1ccccc1OCC(=O)Nc1cccc(C(=O)NC[C@H]2CCCO2)c1. The van der Waals surface area contributed by atoms with Gasteiger partial charge < -0.3 is 20.1 Å². The Morgan fingerprint density at radius 3 is 2.76 bits per heavy atom. The highest BCUT2D eigenvalue weighted by Crippen LogP contribution is 2.25. The number of anilines is 1. The summed E-state index contributed by atoms with van der Waals surface area (Å²) in [6.07, 6.45) is 2.09. The quantitative estimate of drug-likeness (QED) is 0.713. The summed E-state index contributed by atoms with van der Waals surface area (Å²) >= 11 is 0. The van der Waals surface area contributed by atoms with Gasteiger partial charge in [-0.3, -0.25) is 9.59 Å². The molecule has 2 N–H and O–H groups in total. The molecule has 154 valence electrons. The van der Waals surface area contributed by atoms with Gasteiger partial charge in [0.2, 0.25) is 0 Å². The van der Waals surface area contributed by atoms with Crippen LogP contribution in [0, 0.1) is 0 Å². The molecule has 0 aliphatic carbocycles. The Labute approximate surface area is 171 Å². The van der Waals surface area contributed by atoms with E-state index >= 15 is 0 Å². The number of carbonyl (C=O) groups excluding carboxylic acids is 2. The molecule has 0 bridgehead atoms. The zero-order valence-corrected chi connectivity index (χ0v) is 16.9. The van der Waals surface area contributed by atoms with E-state index in [-0.39, 0.29) is 24.5 Å². The fourth-order valence-electron chi connectivity index (χ4n) is 3.28. The van der Waals surface area contributed by atoms with E-state index in [1.54, 1.807) is 24.3 Å². The van der Waals surface area contributed by atoms with Crippen molar-refractivity contribution in [3.8, 4) is 5.75 Å². The number of rotatable bonds is 8. The highest BCUT2D eigenvalue weighted by Gasteiger charge is 2.17. The first kappa shape index (κ1) is 20.9. The molecule has 29 heavy (non-hydrogen) atoms. The lowest BCUT2D eigenvalue weighted by Gasteiger charge is -2.14. The van der Waals surface area contributed by atoms with E-state index in [2.05, 4.69) is 24.5 Å². The van der Waals surface area contributed by atoms with E-state index in [1.807, 2.05) is 24.3 Å². The van der Waals surface area contributed by atoms with Gasteiger partial charge in [-0.1, -0.05) is 38.1 Å². The van der Waals surface area contributed by atoms with Gasteiger partial charge in [-0.05, 0) is 48.6 Å². The third-order valence-corrected chi connectivity index (χ3v) is 4.82. The lowest BCUT2D eigenvalue weighted by atomic mass is 10.0. The Bertz CT molecular complexity index is 844. The average molecular weight is 396 g/mol. The van der Waals surface area contributed by atoms with E-state index in [4.69, 9.17) is 9.47 Å². The molecule has 1 aliphatic heterocycles. The molecule has 0 radical (unpaired) electrons. The summed E-state index contributed by atoms with van der Waals surface area (Å²) in [6.45, 7) is 5.32. The van der Waals surface area contributed by atoms with Gasteiger partial charge in [-0.25, -0.2) is 0 Å². The molecule has 1 saturated heterocycles. The van der Waals surface area contributed by atoms with Gasteiger partial charge in [-0.15, -0.1) is 0 Å². The van der Waals surface area contributed by atoms with Crippen LogP contribution in [-0.4, -0.2) is 37.7 Å². The van der Waals surface area contributed by atoms with Gasteiger partial charge in [0.25, 0.3) is 11.8 Å². The predicted molar refractivity (Wildman–Crippen MR) is 112 cm³/mol. The maximum atomic E-state index is 12.3. The summed E-state index contributed by atoms with van der Waals surface area (Å²) < 4.78 is 11.2. The fourth-order valence-corrected chi connectivity index (χ4v) is 3.28. The Balaban J connectivity index is 1.53. The van der Waals surface area contributed by atoms with Crippen LogP contribution in [0.1, 0.15) is 48.5 Å². The molecule has 3 rings (SSSR count). The number of benzene rings is 2. The van der Waals surface area contributed by atoms with E-state index in [0.29, 0.717) is 29.5 Å². The first-order valence-corrected chi connectivity index (χ1v) is 10.0. The highest BCUT2D eigenvalue weighted by molar-refractivity contribution is 5.97. The van der Waals surface area contributed by atoms with Crippen molar-refractivity contribution in [2.24, 2.45) is 0 Å². The number of hydrogen-bond donors (Lipinski definition) is 2. The largest absolute Gasteiger partial charge is 0.483 e. The van der Waals surface area contributed by atoms with E-state index < -0.39 is 0 Å². The van der Waals surface area contributed by atoms with E-state index in [9.17, 15) is 9.59 Å². The molecule has 2 aromatic rings. The Hall–Kier alpha value is -2.86. The third kappa shape index (κ3) is 6.06. The van der Waals surface area contributed by atoms with Gasteiger partial charge in [-0.2, -0.15) is 0 Å². The van der Waals surface area contributed by atoms with E-state index in [1.165, 1.54) is 0 Å². The highest BCUT2D eigenvalue weighted by atomic mass is 16.5. The monoisotopic (exact) mass is 396 g/mol. The van der Waals surface area contributed by atoms with Crippen molar-refractivity contribution in [2.75, 3.05) is 25.1 Å². The second-order valence-corrected chi connectivity index (χ2v) is 7.46. The van der Waals surface area contributed by atoms with Crippen LogP contribution in [0.25, 0.3) is 0 Å². The maximum Gasteiger partial charge on any atom is 0.262 e. The number of para-hydroxylation sites is 1. The van der Waals surface area contributed by atoms with E-state index in [0.717, 1.165) is 25.0 Å². The van der Waals surface area contributed by atoms with Crippen molar-refractivity contribution < 1.29 is 19.1 Å². The fraction of sp³-hybridized carbons (Fsp3) is 0.391. The van der Waals surface area contributed by atoms with Crippen molar-refractivity contribution >= 4 is 17.5 Å². The van der Waals surface area contributed by atoms with Crippen molar-refractivity contribution in [1.29, 1.82) is 0 Å². The van der Waals surface area contributed by atoms with Gasteiger partial charge >= 0.3 is 0 Å². The average Bonchev–Trinajstić information content (AvgIpc) is 3.24. The molecule has 2 aromatic carbocycles.